The van der Waals surface area contributed by atoms with E-state index in [9.17, 15) is 13.2 Å². The molecule has 1 aromatic carbocycles. The van der Waals surface area contributed by atoms with E-state index in [1.165, 1.54) is 12.1 Å². The highest BCUT2D eigenvalue weighted by Crippen LogP contribution is 2.40. The number of halogens is 3. The van der Waals surface area contributed by atoms with Gasteiger partial charge in [0.15, 0.2) is 0 Å². The van der Waals surface area contributed by atoms with Crippen molar-refractivity contribution in [2.24, 2.45) is 5.92 Å². The Hall–Kier alpha value is -1.23. The van der Waals surface area contributed by atoms with Crippen LogP contribution in [0.5, 0.6) is 5.75 Å². The molecule has 2 atom stereocenters. The molecule has 2 nitrogen and oxygen atoms in total. The Morgan fingerprint density at radius 3 is 2.79 bits per heavy atom. The smallest absolute Gasteiger partial charge is 0.406 e. The minimum absolute atomic E-state index is 0.125. The summed E-state index contributed by atoms with van der Waals surface area (Å²) >= 11 is 0. The molecule has 0 bridgehead atoms. The van der Waals surface area contributed by atoms with E-state index in [-0.39, 0.29) is 5.75 Å². The van der Waals surface area contributed by atoms with Crippen LogP contribution in [0.2, 0.25) is 0 Å². The topological polar surface area (TPSA) is 21.3 Å². The van der Waals surface area contributed by atoms with Crippen LogP contribution in [0.1, 0.15) is 30.7 Å². The highest BCUT2D eigenvalue weighted by atomic mass is 19.4. The molecule has 0 spiro atoms. The van der Waals surface area contributed by atoms with Gasteiger partial charge in [-0.1, -0.05) is 18.6 Å². The minimum Gasteiger partial charge on any atom is -0.406 e. The second-order valence-electron chi connectivity index (χ2n) is 4.98. The highest BCUT2D eigenvalue weighted by Gasteiger charge is 2.32. The van der Waals surface area contributed by atoms with Gasteiger partial charge in [-0.3, -0.25) is 0 Å². The molecule has 0 aliphatic heterocycles. The Kier molecular flexibility index (Phi) is 4.34. The summed E-state index contributed by atoms with van der Waals surface area (Å²) in [6, 6.07) is 6.39. The SMILES string of the molecule is CNCC1CCCC1c1cccc(OC(F)(F)F)c1. The lowest BCUT2D eigenvalue weighted by atomic mass is 9.89. The molecule has 2 rings (SSSR count). The van der Waals surface area contributed by atoms with Gasteiger partial charge in [-0.25, -0.2) is 0 Å². The van der Waals surface area contributed by atoms with Crippen molar-refractivity contribution in [2.45, 2.75) is 31.5 Å². The average Bonchev–Trinajstić information content (AvgIpc) is 2.76. The van der Waals surface area contributed by atoms with Gasteiger partial charge < -0.3 is 10.1 Å². The van der Waals surface area contributed by atoms with E-state index >= 15 is 0 Å². The van der Waals surface area contributed by atoms with Crippen molar-refractivity contribution < 1.29 is 17.9 Å². The summed E-state index contributed by atoms with van der Waals surface area (Å²) in [5.41, 5.74) is 0.944. The fourth-order valence-electron chi connectivity index (χ4n) is 2.92. The largest absolute Gasteiger partial charge is 0.573 e. The molecule has 0 amide bonds. The van der Waals surface area contributed by atoms with Gasteiger partial charge in [0.05, 0.1) is 0 Å². The maximum Gasteiger partial charge on any atom is 0.573 e. The first-order valence-electron chi connectivity index (χ1n) is 6.50. The Morgan fingerprint density at radius 2 is 2.11 bits per heavy atom. The van der Waals surface area contributed by atoms with Gasteiger partial charge in [0.2, 0.25) is 0 Å². The van der Waals surface area contributed by atoms with Crippen molar-refractivity contribution in [1.82, 2.24) is 5.32 Å². The zero-order valence-corrected chi connectivity index (χ0v) is 10.8. The van der Waals surface area contributed by atoms with Crippen LogP contribution in [-0.2, 0) is 0 Å². The fourth-order valence-corrected chi connectivity index (χ4v) is 2.92. The van der Waals surface area contributed by atoms with Crippen LogP contribution in [0.4, 0.5) is 13.2 Å². The van der Waals surface area contributed by atoms with Gasteiger partial charge in [0.25, 0.3) is 0 Å². The standard InChI is InChI=1S/C14H18F3NO/c1-18-9-11-5-3-7-13(11)10-4-2-6-12(8-10)19-14(15,16)17/h2,4,6,8,11,13,18H,3,5,7,9H2,1H3. The third-order valence-corrected chi connectivity index (χ3v) is 3.65. The van der Waals surface area contributed by atoms with Crippen LogP contribution in [-0.4, -0.2) is 20.0 Å². The number of hydrogen-bond acceptors (Lipinski definition) is 2. The Labute approximate surface area is 111 Å². The summed E-state index contributed by atoms with van der Waals surface area (Å²) in [6.45, 7) is 0.898. The first-order valence-corrected chi connectivity index (χ1v) is 6.50. The molecular weight excluding hydrogens is 255 g/mol. The number of rotatable bonds is 4. The maximum absolute atomic E-state index is 12.2. The summed E-state index contributed by atoms with van der Waals surface area (Å²) < 4.78 is 40.6. The Morgan fingerprint density at radius 1 is 1.32 bits per heavy atom. The first kappa shape index (κ1) is 14.2. The fraction of sp³-hybridized carbons (Fsp3) is 0.571. The number of benzene rings is 1. The lowest BCUT2D eigenvalue weighted by Crippen LogP contribution is -2.21. The molecular formula is C14H18F3NO. The number of hydrogen-bond donors (Lipinski definition) is 1. The molecule has 1 aliphatic rings. The predicted molar refractivity (Wildman–Crippen MR) is 67.1 cm³/mol. The van der Waals surface area contributed by atoms with E-state index in [2.05, 4.69) is 10.1 Å². The Bertz CT molecular complexity index is 419. The van der Waals surface area contributed by atoms with Crippen LogP contribution in [0, 0.1) is 5.92 Å². The van der Waals surface area contributed by atoms with Crippen molar-refractivity contribution in [3.05, 3.63) is 29.8 Å². The van der Waals surface area contributed by atoms with Crippen LogP contribution in [0.15, 0.2) is 24.3 Å². The molecule has 0 aromatic heterocycles. The quantitative estimate of drug-likeness (QED) is 0.903. The van der Waals surface area contributed by atoms with Gasteiger partial charge in [0.1, 0.15) is 5.75 Å². The predicted octanol–water partition coefficient (Wildman–Crippen LogP) is 3.69. The summed E-state index contributed by atoms with van der Waals surface area (Å²) in [7, 11) is 1.90. The number of alkyl halides is 3. The van der Waals surface area contributed by atoms with Crippen molar-refractivity contribution in [3.63, 3.8) is 0 Å². The van der Waals surface area contributed by atoms with Gasteiger partial charge in [-0.05, 0) is 56.0 Å². The molecule has 1 aromatic rings. The van der Waals surface area contributed by atoms with E-state index in [0.29, 0.717) is 11.8 Å². The molecule has 106 valence electrons. The van der Waals surface area contributed by atoms with Gasteiger partial charge in [0, 0.05) is 0 Å². The lowest BCUT2D eigenvalue weighted by molar-refractivity contribution is -0.274. The van der Waals surface area contributed by atoms with Crippen LogP contribution < -0.4 is 10.1 Å². The van der Waals surface area contributed by atoms with Crippen LogP contribution >= 0.6 is 0 Å². The minimum atomic E-state index is -4.63. The molecule has 1 saturated carbocycles. The third-order valence-electron chi connectivity index (χ3n) is 3.65. The van der Waals surface area contributed by atoms with E-state index < -0.39 is 6.36 Å². The van der Waals surface area contributed by atoms with E-state index in [4.69, 9.17) is 0 Å². The van der Waals surface area contributed by atoms with Crippen molar-refractivity contribution >= 4 is 0 Å². The Balaban J connectivity index is 2.14. The first-order chi connectivity index (χ1) is 8.99. The molecule has 1 fully saturated rings. The molecule has 0 saturated heterocycles. The number of ether oxygens (including phenoxy) is 1. The summed E-state index contributed by atoms with van der Waals surface area (Å²) in [6.07, 6.45) is -1.35. The monoisotopic (exact) mass is 273 g/mol. The second kappa shape index (κ2) is 5.82. The molecule has 0 radical (unpaired) electrons. The van der Waals surface area contributed by atoms with Crippen molar-refractivity contribution in [3.8, 4) is 5.75 Å². The van der Waals surface area contributed by atoms with E-state index in [1.54, 1.807) is 6.07 Å². The zero-order valence-electron chi connectivity index (χ0n) is 10.8. The molecule has 0 heterocycles. The molecule has 5 heteroatoms. The summed E-state index contributed by atoms with van der Waals surface area (Å²) in [5.74, 6) is 0.690. The number of nitrogens with one attached hydrogen (secondary N) is 1. The summed E-state index contributed by atoms with van der Waals surface area (Å²) in [4.78, 5) is 0. The molecule has 2 unspecified atom stereocenters. The maximum atomic E-state index is 12.2. The second-order valence-corrected chi connectivity index (χ2v) is 4.98. The third kappa shape index (κ3) is 3.86. The lowest BCUT2D eigenvalue weighted by Gasteiger charge is -2.20. The van der Waals surface area contributed by atoms with Crippen molar-refractivity contribution in [1.29, 1.82) is 0 Å². The van der Waals surface area contributed by atoms with Crippen LogP contribution in [0.3, 0.4) is 0 Å². The van der Waals surface area contributed by atoms with Gasteiger partial charge in [-0.15, -0.1) is 13.2 Å². The normalized spacial score (nSPS) is 23.6. The van der Waals surface area contributed by atoms with Crippen LogP contribution in [0.25, 0.3) is 0 Å². The highest BCUT2D eigenvalue weighted by molar-refractivity contribution is 5.32. The van der Waals surface area contributed by atoms with E-state index in [0.717, 1.165) is 31.4 Å². The molecule has 1 aliphatic carbocycles. The average molecular weight is 273 g/mol. The van der Waals surface area contributed by atoms with Crippen molar-refractivity contribution in [2.75, 3.05) is 13.6 Å². The zero-order chi connectivity index (χ0) is 13.9. The van der Waals surface area contributed by atoms with Gasteiger partial charge >= 0.3 is 6.36 Å². The molecule has 1 N–H and O–H groups in total. The van der Waals surface area contributed by atoms with E-state index in [1.807, 2.05) is 13.1 Å². The molecule has 19 heavy (non-hydrogen) atoms. The van der Waals surface area contributed by atoms with Gasteiger partial charge in [-0.2, -0.15) is 0 Å². The summed E-state index contributed by atoms with van der Waals surface area (Å²) in [5, 5.41) is 3.15.